The van der Waals surface area contributed by atoms with Crippen LogP contribution in [0.25, 0.3) is 0 Å². The van der Waals surface area contributed by atoms with Gasteiger partial charge in [0.1, 0.15) is 11.4 Å². The average molecular weight is 320 g/mol. The van der Waals surface area contributed by atoms with E-state index < -0.39 is 5.60 Å². The lowest BCUT2D eigenvalue weighted by Crippen LogP contribution is -2.47. The summed E-state index contributed by atoms with van der Waals surface area (Å²) in [6.45, 7) is 7.65. The highest BCUT2D eigenvalue weighted by Crippen LogP contribution is 2.14. The molecule has 1 aromatic rings. The van der Waals surface area contributed by atoms with Crippen molar-refractivity contribution >= 4 is 11.9 Å². The summed E-state index contributed by atoms with van der Waals surface area (Å²) in [7, 11) is 1.59. The molecule has 126 valence electrons. The van der Waals surface area contributed by atoms with E-state index >= 15 is 0 Å². The number of pyridine rings is 1. The molecule has 0 saturated heterocycles. The highest BCUT2D eigenvalue weighted by atomic mass is 16.6. The monoisotopic (exact) mass is 320 g/mol. The molecule has 7 heteroatoms. The normalized spacial score (nSPS) is 15.0. The topological polar surface area (TPSA) is 76.0 Å². The van der Waals surface area contributed by atoms with E-state index in [0.717, 1.165) is 11.4 Å². The Labute approximate surface area is 136 Å². The molecule has 1 aromatic heterocycles. The van der Waals surface area contributed by atoms with Crippen molar-refractivity contribution in [1.82, 2.24) is 15.2 Å². The lowest BCUT2D eigenvalue weighted by atomic mass is 10.2. The van der Waals surface area contributed by atoms with Crippen molar-refractivity contribution in [3.05, 3.63) is 23.9 Å². The molecule has 1 amide bonds. The number of rotatable bonds is 3. The van der Waals surface area contributed by atoms with E-state index in [1.165, 1.54) is 0 Å². The van der Waals surface area contributed by atoms with Crippen LogP contribution in [0.1, 0.15) is 26.3 Å². The smallest absolute Gasteiger partial charge is 0.410 e. The molecule has 7 nitrogen and oxygen atoms in total. The minimum Gasteiger partial charge on any atom is -0.481 e. The summed E-state index contributed by atoms with van der Waals surface area (Å²) in [5, 5.41) is 3.24. The average Bonchev–Trinajstić information content (AvgIpc) is 2.52. The second-order valence-corrected chi connectivity index (χ2v) is 6.26. The zero-order valence-electron chi connectivity index (χ0n) is 14.1. The van der Waals surface area contributed by atoms with Gasteiger partial charge in [-0.3, -0.25) is 9.89 Å². The molecule has 0 spiro atoms. The summed E-state index contributed by atoms with van der Waals surface area (Å²) in [6, 6.07) is 3.79. The number of nitrogens with zero attached hydrogens (tertiary/aromatic N) is 3. The van der Waals surface area contributed by atoms with Gasteiger partial charge in [-0.1, -0.05) is 6.07 Å². The minimum atomic E-state index is -0.498. The van der Waals surface area contributed by atoms with Gasteiger partial charge in [0.15, 0.2) is 0 Å². The molecule has 1 aliphatic rings. The molecule has 2 heterocycles. The maximum absolute atomic E-state index is 12.1. The number of hydrogen-bond acceptors (Lipinski definition) is 6. The van der Waals surface area contributed by atoms with Gasteiger partial charge in [-0.2, -0.15) is 0 Å². The van der Waals surface area contributed by atoms with Gasteiger partial charge in [-0.25, -0.2) is 9.78 Å². The summed E-state index contributed by atoms with van der Waals surface area (Å²) >= 11 is 0. The number of methoxy groups -OCH3 is 1. The molecule has 23 heavy (non-hydrogen) atoms. The van der Waals surface area contributed by atoms with E-state index in [9.17, 15) is 4.79 Å². The third kappa shape index (κ3) is 5.12. The molecular formula is C16H24N4O3. The fourth-order valence-corrected chi connectivity index (χ4v) is 2.15. The van der Waals surface area contributed by atoms with E-state index in [1.54, 1.807) is 18.2 Å². The molecule has 0 bridgehead atoms. The first-order chi connectivity index (χ1) is 10.9. The van der Waals surface area contributed by atoms with E-state index in [-0.39, 0.29) is 6.09 Å². The van der Waals surface area contributed by atoms with Gasteiger partial charge in [-0.15, -0.1) is 0 Å². The molecule has 1 N–H and O–H groups in total. The van der Waals surface area contributed by atoms with Crippen LogP contribution in [0.4, 0.5) is 4.79 Å². The fraction of sp³-hybridized carbons (Fsp3) is 0.562. The Kier molecular flexibility index (Phi) is 5.41. The van der Waals surface area contributed by atoms with Crippen LogP contribution in [0.5, 0.6) is 5.88 Å². The summed E-state index contributed by atoms with van der Waals surface area (Å²) in [5.74, 6) is 1.34. The molecule has 0 aromatic carbocycles. The SMILES string of the molecule is COc1ncccc1CNC1=NCCN(C(=O)OC(C)(C)C)C1. The van der Waals surface area contributed by atoms with Gasteiger partial charge < -0.3 is 14.8 Å². The standard InChI is InChI=1S/C16H24N4O3/c1-16(2,3)23-15(21)20-9-8-17-13(11-20)19-10-12-6-5-7-18-14(12)22-4/h5-7H,8-11H2,1-4H3,(H,17,19). The van der Waals surface area contributed by atoms with E-state index in [2.05, 4.69) is 15.3 Å². The molecule has 0 saturated carbocycles. The zero-order chi connectivity index (χ0) is 16.9. The number of amidine groups is 1. The zero-order valence-corrected chi connectivity index (χ0v) is 14.1. The largest absolute Gasteiger partial charge is 0.481 e. The Morgan fingerprint density at radius 1 is 1.43 bits per heavy atom. The molecule has 2 rings (SSSR count). The Balaban J connectivity index is 1.91. The lowest BCUT2D eigenvalue weighted by molar-refractivity contribution is 0.0276. The molecule has 0 aliphatic carbocycles. The van der Waals surface area contributed by atoms with Crippen molar-refractivity contribution in [2.24, 2.45) is 4.99 Å². The predicted molar refractivity (Wildman–Crippen MR) is 87.7 cm³/mol. The van der Waals surface area contributed by atoms with Crippen LogP contribution in [-0.4, -0.2) is 54.2 Å². The molecule has 0 radical (unpaired) electrons. The van der Waals surface area contributed by atoms with E-state index in [4.69, 9.17) is 9.47 Å². The molecule has 1 aliphatic heterocycles. The van der Waals surface area contributed by atoms with Crippen LogP contribution in [0.3, 0.4) is 0 Å². The maximum atomic E-state index is 12.1. The van der Waals surface area contributed by atoms with Gasteiger partial charge >= 0.3 is 6.09 Å². The van der Waals surface area contributed by atoms with Gasteiger partial charge in [0.05, 0.1) is 20.2 Å². The Bertz CT molecular complexity index is 581. The Morgan fingerprint density at radius 2 is 2.22 bits per heavy atom. The molecular weight excluding hydrogens is 296 g/mol. The van der Waals surface area contributed by atoms with Crippen LogP contribution in [-0.2, 0) is 11.3 Å². The second kappa shape index (κ2) is 7.30. The maximum Gasteiger partial charge on any atom is 0.410 e. The predicted octanol–water partition coefficient (Wildman–Crippen LogP) is 1.83. The highest BCUT2D eigenvalue weighted by Gasteiger charge is 2.25. The summed E-state index contributed by atoms with van der Waals surface area (Å²) in [6.07, 6.45) is 1.37. The van der Waals surface area contributed by atoms with E-state index in [1.807, 2.05) is 32.9 Å². The van der Waals surface area contributed by atoms with Crippen LogP contribution in [0.2, 0.25) is 0 Å². The molecule has 0 fully saturated rings. The van der Waals surface area contributed by atoms with Crippen LogP contribution in [0.15, 0.2) is 23.3 Å². The number of aromatic nitrogens is 1. The first-order valence-corrected chi connectivity index (χ1v) is 7.62. The first-order valence-electron chi connectivity index (χ1n) is 7.62. The van der Waals surface area contributed by atoms with Gasteiger partial charge in [0, 0.05) is 24.8 Å². The minimum absolute atomic E-state index is 0.314. The lowest BCUT2D eigenvalue weighted by Gasteiger charge is -2.30. The number of aliphatic imine (C=N–C) groups is 1. The van der Waals surface area contributed by atoms with Crippen LogP contribution >= 0.6 is 0 Å². The Hall–Kier alpha value is -2.31. The summed E-state index contributed by atoms with van der Waals surface area (Å²) < 4.78 is 10.6. The second-order valence-electron chi connectivity index (χ2n) is 6.26. The van der Waals surface area contributed by atoms with Gasteiger partial charge in [0.25, 0.3) is 0 Å². The number of hydrogen-bond donors (Lipinski definition) is 1. The number of ether oxygens (including phenoxy) is 2. The van der Waals surface area contributed by atoms with Crippen molar-refractivity contribution in [3.63, 3.8) is 0 Å². The van der Waals surface area contributed by atoms with Gasteiger partial charge in [0.2, 0.25) is 5.88 Å². The van der Waals surface area contributed by atoms with Crippen LogP contribution in [0, 0.1) is 0 Å². The molecule has 0 atom stereocenters. The number of nitrogens with one attached hydrogen (secondary N) is 1. The van der Waals surface area contributed by atoms with Gasteiger partial charge in [-0.05, 0) is 26.8 Å². The van der Waals surface area contributed by atoms with Crippen molar-refractivity contribution in [2.45, 2.75) is 32.9 Å². The third-order valence-electron chi connectivity index (χ3n) is 3.19. The third-order valence-corrected chi connectivity index (χ3v) is 3.19. The Morgan fingerprint density at radius 3 is 2.91 bits per heavy atom. The van der Waals surface area contributed by atoms with E-state index in [0.29, 0.717) is 32.1 Å². The summed E-state index contributed by atoms with van der Waals surface area (Å²) in [4.78, 5) is 22.4. The number of carbonyl (C=O) groups is 1. The molecule has 0 unspecified atom stereocenters. The van der Waals surface area contributed by atoms with Crippen molar-refractivity contribution in [3.8, 4) is 5.88 Å². The quantitative estimate of drug-likeness (QED) is 0.919. The number of carbonyl (C=O) groups excluding carboxylic acids is 1. The van der Waals surface area contributed by atoms with Crippen molar-refractivity contribution in [1.29, 1.82) is 0 Å². The summed E-state index contributed by atoms with van der Waals surface area (Å²) in [5.41, 5.74) is 0.439. The fourth-order valence-electron chi connectivity index (χ4n) is 2.15. The number of amides is 1. The van der Waals surface area contributed by atoms with Crippen molar-refractivity contribution in [2.75, 3.05) is 26.7 Å². The first kappa shape index (κ1) is 17.1. The highest BCUT2D eigenvalue weighted by molar-refractivity contribution is 5.87. The van der Waals surface area contributed by atoms with Crippen molar-refractivity contribution < 1.29 is 14.3 Å². The van der Waals surface area contributed by atoms with Crippen LogP contribution < -0.4 is 10.1 Å².